The number of benzene rings is 1. The van der Waals surface area contributed by atoms with Crippen LogP contribution in [0, 0.1) is 18.3 Å². The molecule has 1 aromatic heterocycles. The minimum absolute atomic E-state index is 0.109. The number of aryl methyl sites for hydroxylation is 2. The van der Waals surface area contributed by atoms with Gasteiger partial charge in [0.2, 0.25) is 0 Å². The number of nitrogens with zero attached hydrogens (tertiary/aromatic N) is 3. The van der Waals surface area contributed by atoms with Crippen molar-refractivity contribution < 1.29 is 4.74 Å². The number of ether oxygens (including phenoxy) is 1. The Labute approximate surface area is 128 Å². The molecular weight excluding hydrogens is 280 g/mol. The van der Waals surface area contributed by atoms with Crippen molar-refractivity contribution in [2.75, 3.05) is 0 Å². The lowest BCUT2D eigenvalue weighted by Crippen LogP contribution is -2.23. The van der Waals surface area contributed by atoms with Crippen LogP contribution in [0.25, 0.3) is 5.70 Å². The first-order chi connectivity index (χ1) is 10.5. The fourth-order valence-corrected chi connectivity index (χ4v) is 1.93. The van der Waals surface area contributed by atoms with Gasteiger partial charge in [-0.25, -0.2) is 5.84 Å². The molecule has 7 nitrogen and oxygen atoms in total. The summed E-state index contributed by atoms with van der Waals surface area (Å²) < 4.78 is 7.50. The number of hydrogen-bond acceptors (Lipinski definition) is 6. The van der Waals surface area contributed by atoms with Crippen LogP contribution in [0.3, 0.4) is 0 Å². The van der Waals surface area contributed by atoms with Gasteiger partial charge in [0.05, 0.1) is 5.70 Å². The molecule has 0 radical (unpaired) electrons. The lowest BCUT2D eigenvalue weighted by Gasteiger charge is -2.08. The molecule has 0 saturated heterocycles. The Morgan fingerprint density at radius 3 is 2.82 bits per heavy atom. The normalized spacial score (nSPS) is 11.5. The smallest absolute Gasteiger partial charge is 0.151 e. The summed E-state index contributed by atoms with van der Waals surface area (Å²) in [4.78, 5) is 0. The number of hydrazine groups is 1. The van der Waals surface area contributed by atoms with E-state index in [0.29, 0.717) is 17.9 Å². The Bertz CT molecular complexity index is 721. The van der Waals surface area contributed by atoms with E-state index in [9.17, 15) is 0 Å². The van der Waals surface area contributed by atoms with Crippen LogP contribution in [-0.4, -0.2) is 9.78 Å². The quantitative estimate of drug-likeness (QED) is 0.429. The van der Waals surface area contributed by atoms with Gasteiger partial charge in [0.15, 0.2) is 5.70 Å². The second-order valence-electron chi connectivity index (χ2n) is 4.76. The molecule has 0 fully saturated rings. The van der Waals surface area contributed by atoms with Crippen LogP contribution in [0.4, 0.5) is 0 Å². The summed E-state index contributed by atoms with van der Waals surface area (Å²) in [5, 5.41) is 13.3. The summed E-state index contributed by atoms with van der Waals surface area (Å²) in [6, 6.07) is 11.0. The first kappa shape index (κ1) is 15.4. The van der Waals surface area contributed by atoms with Crippen LogP contribution in [0.2, 0.25) is 0 Å². The van der Waals surface area contributed by atoms with Gasteiger partial charge in [0.25, 0.3) is 0 Å². The third-order valence-electron chi connectivity index (χ3n) is 3.22. The summed E-state index contributed by atoms with van der Waals surface area (Å²) in [7, 11) is 1.88. The van der Waals surface area contributed by atoms with Crippen LogP contribution >= 0.6 is 0 Å². The fraction of sp³-hybridized carbons (Fsp3) is 0.200. The van der Waals surface area contributed by atoms with Gasteiger partial charge < -0.3 is 15.9 Å². The van der Waals surface area contributed by atoms with Crippen LogP contribution in [0.15, 0.2) is 36.0 Å². The van der Waals surface area contributed by atoms with Crippen LogP contribution in [-0.2, 0) is 13.7 Å². The van der Waals surface area contributed by atoms with E-state index in [1.165, 1.54) is 0 Å². The molecule has 1 aromatic carbocycles. The summed E-state index contributed by atoms with van der Waals surface area (Å²) in [5.41, 5.74) is 11.1. The lowest BCUT2D eigenvalue weighted by atomic mass is 10.1. The molecule has 0 aliphatic heterocycles. The predicted octanol–water partition coefficient (Wildman–Crippen LogP) is 0.922. The molecule has 0 aliphatic carbocycles. The summed E-state index contributed by atoms with van der Waals surface area (Å²) in [6.45, 7) is 2.33. The van der Waals surface area contributed by atoms with Crippen LogP contribution in [0.5, 0.6) is 5.75 Å². The molecule has 0 saturated carbocycles. The summed E-state index contributed by atoms with van der Waals surface area (Å²) >= 11 is 0. The van der Waals surface area contributed by atoms with E-state index in [2.05, 4.69) is 10.5 Å². The van der Waals surface area contributed by atoms with Crippen molar-refractivity contribution in [1.29, 1.82) is 5.26 Å². The van der Waals surface area contributed by atoms with Crippen molar-refractivity contribution in [3.63, 3.8) is 0 Å². The minimum Gasteiger partial charge on any atom is -0.487 e. The van der Waals surface area contributed by atoms with Gasteiger partial charge in [-0.3, -0.25) is 4.68 Å². The standard InChI is InChI=1S/C15H18N6O/c1-10-6-12(20-21(10)2)9-22-13-5-3-4-11(7-13)15(17)14(8-16)19-18/h3-7,19H,9,17-18H2,1-2H3/b15-14-. The zero-order valence-corrected chi connectivity index (χ0v) is 12.5. The van der Waals surface area contributed by atoms with E-state index in [4.69, 9.17) is 21.6 Å². The summed E-state index contributed by atoms with van der Waals surface area (Å²) in [5.74, 6) is 5.90. The van der Waals surface area contributed by atoms with Gasteiger partial charge in [-0.15, -0.1) is 0 Å². The van der Waals surface area contributed by atoms with Crippen LogP contribution < -0.4 is 21.7 Å². The summed E-state index contributed by atoms with van der Waals surface area (Å²) in [6.07, 6.45) is 0. The number of allylic oxidation sites excluding steroid dienone is 1. The van der Waals surface area contributed by atoms with E-state index in [-0.39, 0.29) is 11.4 Å². The highest BCUT2D eigenvalue weighted by atomic mass is 16.5. The molecular formula is C15H18N6O. The molecule has 0 bridgehead atoms. The Kier molecular flexibility index (Phi) is 4.66. The highest BCUT2D eigenvalue weighted by molar-refractivity contribution is 5.69. The maximum atomic E-state index is 8.94. The Morgan fingerprint density at radius 1 is 1.45 bits per heavy atom. The van der Waals surface area contributed by atoms with Crippen molar-refractivity contribution >= 4 is 5.70 Å². The second-order valence-corrected chi connectivity index (χ2v) is 4.76. The van der Waals surface area contributed by atoms with E-state index in [0.717, 1.165) is 11.4 Å². The van der Waals surface area contributed by atoms with Gasteiger partial charge in [-0.1, -0.05) is 12.1 Å². The van der Waals surface area contributed by atoms with Crippen molar-refractivity contribution in [2.45, 2.75) is 13.5 Å². The van der Waals surface area contributed by atoms with Gasteiger partial charge in [0.1, 0.15) is 24.1 Å². The Hall–Kier alpha value is -2.98. The first-order valence-electron chi connectivity index (χ1n) is 6.64. The first-order valence-corrected chi connectivity index (χ1v) is 6.64. The molecule has 114 valence electrons. The third kappa shape index (κ3) is 3.37. The van der Waals surface area contributed by atoms with E-state index < -0.39 is 0 Å². The largest absolute Gasteiger partial charge is 0.487 e. The maximum Gasteiger partial charge on any atom is 0.151 e. The van der Waals surface area contributed by atoms with Gasteiger partial charge in [-0.2, -0.15) is 10.4 Å². The van der Waals surface area contributed by atoms with Crippen LogP contribution in [0.1, 0.15) is 17.0 Å². The molecule has 0 amide bonds. The fourth-order valence-electron chi connectivity index (χ4n) is 1.93. The average molecular weight is 298 g/mol. The number of nitrogens with two attached hydrogens (primary N) is 2. The van der Waals surface area contributed by atoms with Gasteiger partial charge >= 0.3 is 0 Å². The van der Waals surface area contributed by atoms with Crippen molar-refractivity contribution in [3.8, 4) is 11.8 Å². The molecule has 22 heavy (non-hydrogen) atoms. The molecule has 1 heterocycles. The predicted molar refractivity (Wildman–Crippen MR) is 82.8 cm³/mol. The highest BCUT2D eigenvalue weighted by Crippen LogP contribution is 2.19. The molecule has 2 rings (SSSR count). The lowest BCUT2D eigenvalue weighted by molar-refractivity contribution is 0.300. The molecule has 7 heteroatoms. The molecule has 0 spiro atoms. The van der Waals surface area contributed by atoms with Crippen molar-refractivity contribution in [2.24, 2.45) is 18.6 Å². The van der Waals surface area contributed by atoms with E-state index >= 15 is 0 Å². The Balaban J connectivity index is 2.15. The highest BCUT2D eigenvalue weighted by Gasteiger charge is 2.07. The monoisotopic (exact) mass is 298 g/mol. The third-order valence-corrected chi connectivity index (χ3v) is 3.22. The molecule has 0 unspecified atom stereocenters. The molecule has 0 atom stereocenters. The number of rotatable bonds is 5. The SMILES string of the molecule is Cc1cc(COc2cccc(/C(N)=C(\C#N)NN)c2)nn1C. The zero-order chi connectivity index (χ0) is 16.1. The zero-order valence-electron chi connectivity index (χ0n) is 12.5. The topological polar surface area (TPSA) is 115 Å². The maximum absolute atomic E-state index is 8.94. The Morgan fingerprint density at radius 2 is 2.23 bits per heavy atom. The van der Waals surface area contributed by atoms with E-state index in [1.54, 1.807) is 22.9 Å². The average Bonchev–Trinajstić information content (AvgIpc) is 2.85. The number of hydrogen-bond donors (Lipinski definition) is 3. The number of aromatic nitrogens is 2. The second kappa shape index (κ2) is 6.65. The van der Waals surface area contributed by atoms with Gasteiger partial charge in [0, 0.05) is 18.3 Å². The minimum atomic E-state index is 0.109. The van der Waals surface area contributed by atoms with Crippen molar-refractivity contribution in [3.05, 3.63) is 53.0 Å². The molecule has 2 aromatic rings. The van der Waals surface area contributed by atoms with Crippen molar-refractivity contribution in [1.82, 2.24) is 15.2 Å². The molecule has 5 N–H and O–H groups in total. The van der Waals surface area contributed by atoms with E-state index in [1.807, 2.05) is 32.2 Å². The number of nitrogens with one attached hydrogen (secondary N) is 1. The number of nitriles is 1. The van der Waals surface area contributed by atoms with Gasteiger partial charge in [-0.05, 0) is 25.1 Å². The molecule has 0 aliphatic rings.